The minimum atomic E-state index is 0.900. The SMILES string of the molecule is COc1ccc(N(C)c2cc(C)c(Br)cn2)cc1C. The summed E-state index contributed by atoms with van der Waals surface area (Å²) in [6.45, 7) is 4.10. The number of ether oxygens (including phenoxy) is 1. The molecule has 2 rings (SSSR count). The van der Waals surface area contributed by atoms with Crippen LogP contribution in [0.1, 0.15) is 11.1 Å². The smallest absolute Gasteiger partial charge is 0.132 e. The van der Waals surface area contributed by atoms with Gasteiger partial charge in [0.05, 0.1) is 7.11 Å². The molecule has 0 N–H and O–H groups in total. The molecule has 0 saturated carbocycles. The van der Waals surface area contributed by atoms with E-state index >= 15 is 0 Å². The summed E-state index contributed by atoms with van der Waals surface area (Å²) in [4.78, 5) is 6.50. The third kappa shape index (κ3) is 2.89. The standard InChI is InChI=1S/C15H17BrN2O/c1-10-8-15(17-9-13(10)16)18(3)12-5-6-14(19-4)11(2)7-12/h5-9H,1-4H3. The zero-order valence-electron chi connectivity index (χ0n) is 11.6. The molecule has 1 aromatic heterocycles. The second-order valence-corrected chi connectivity index (χ2v) is 5.36. The van der Waals surface area contributed by atoms with Gasteiger partial charge in [0, 0.05) is 23.4 Å². The Morgan fingerprint density at radius 1 is 1.16 bits per heavy atom. The van der Waals surface area contributed by atoms with Crippen LogP contribution in [-0.2, 0) is 0 Å². The van der Waals surface area contributed by atoms with Crippen LogP contribution in [0.3, 0.4) is 0 Å². The number of hydrogen-bond donors (Lipinski definition) is 0. The number of halogens is 1. The number of hydrogen-bond acceptors (Lipinski definition) is 3. The molecule has 4 heteroatoms. The fraction of sp³-hybridized carbons (Fsp3) is 0.267. The maximum absolute atomic E-state index is 5.28. The lowest BCUT2D eigenvalue weighted by atomic mass is 10.2. The van der Waals surface area contributed by atoms with Gasteiger partial charge in [0.1, 0.15) is 11.6 Å². The molecule has 0 fully saturated rings. The van der Waals surface area contributed by atoms with E-state index in [1.54, 1.807) is 7.11 Å². The Labute approximate surface area is 122 Å². The second-order valence-electron chi connectivity index (χ2n) is 4.50. The van der Waals surface area contributed by atoms with Crippen LogP contribution >= 0.6 is 15.9 Å². The van der Waals surface area contributed by atoms with E-state index in [1.165, 1.54) is 5.56 Å². The van der Waals surface area contributed by atoms with Crippen LogP contribution in [0.4, 0.5) is 11.5 Å². The van der Waals surface area contributed by atoms with Gasteiger partial charge in [-0.15, -0.1) is 0 Å². The highest BCUT2D eigenvalue weighted by atomic mass is 79.9. The summed E-state index contributed by atoms with van der Waals surface area (Å²) in [7, 11) is 3.70. The molecule has 0 spiro atoms. The first-order valence-electron chi connectivity index (χ1n) is 6.03. The van der Waals surface area contributed by atoms with Crippen molar-refractivity contribution in [1.82, 2.24) is 4.98 Å². The first-order valence-corrected chi connectivity index (χ1v) is 6.82. The Morgan fingerprint density at radius 2 is 1.89 bits per heavy atom. The minimum Gasteiger partial charge on any atom is -0.496 e. The normalized spacial score (nSPS) is 10.4. The molecule has 0 atom stereocenters. The van der Waals surface area contributed by atoms with E-state index in [4.69, 9.17) is 4.74 Å². The molecule has 2 aromatic rings. The van der Waals surface area contributed by atoms with Crippen LogP contribution in [0.25, 0.3) is 0 Å². The molecule has 0 aliphatic carbocycles. The number of aryl methyl sites for hydroxylation is 2. The molecule has 0 aliphatic heterocycles. The molecule has 19 heavy (non-hydrogen) atoms. The highest BCUT2D eigenvalue weighted by Crippen LogP contribution is 2.28. The van der Waals surface area contributed by atoms with Crippen molar-refractivity contribution in [2.75, 3.05) is 19.1 Å². The molecule has 1 aromatic carbocycles. The van der Waals surface area contributed by atoms with Crippen LogP contribution in [0, 0.1) is 13.8 Å². The number of nitrogens with zero attached hydrogens (tertiary/aromatic N) is 2. The van der Waals surface area contributed by atoms with E-state index in [0.29, 0.717) is 0 Å². The van der Waals surface area contributed by atoms with Gasteiger partial charge in [-0.05, 0) is 65.2 Å². The monoisotopic (exact) mass is 320 g/mol. The highest BCUT2D eigenvalue weighted by Gasteiger charge is 2.08. The number of methoxy groups -OCH3 is 1. The van der Waals surface area contributed by atoms with Crippen molar-refractivity contribution < 1.29 is 4.74 Å². The maximum atomic E-state index is 5.28. The molecule has 0 radical (unpaired) electrons. The van der Waals surface area contributed by atoms with Crippen molar-refractivity contribution in [2.24, 2.45) is 0 Å². The summed E-state index contributed by atoms with van der Waals surface area (Å²) in [6.07, 6.45) is 1.83. The van der Waals surface area contributed by atoms with E-state index in [9.17, 15) is 0 Å². The molecular formula is C15H17BrN2O. The molecule has 0 saturated heterocycles. The van der Waals surface area contributed by atoms with Crippen molar-refractivity contribution >= 4 is 27.4 Å². The number of anilines is 2. The summed E-state index contributed by atoms with van der Waals surface area (Å²) in [5.74, 6) is 1.82. The van der Waals surface area contributed by atoms with Crippen molar-refractivity contribution in [3.8, 4) is 5.75 Å². The van der Waals surface area contributed by atoms with Crippen LogP contribution < -0.4 is 9.64 Å². The number of pyridine rings is 1. The van der Waals surface area contributed by atoms with E-state index in [1.807, 2.05) is 32.3 Å². The van der Waals surface area contributed by atoms with Gasteiger partial charge < -0.3 is 9.64 Å². The first-order chi connectivity index (χ1) is 9.02. The Balaban J connectivity index is 2.35. The quantitative estimate of drug-likeness (QED) is 0.845. The predicted octanol–water partition coefficient (Wildman–Crippen LogP) is 4.24. The largest absolute Gasteiger partial charge is 0.496 e. The molecule has 0 bridgehead atoms. The Hall–Kier alpha value is -1.55. The van der Waals surface area contributed by atoms with Gasteiger partial charge in [0.25, 0.3) is 0 Å². The molecule has 0 unspecified atom stereocenters. The fourth-order valence-corrected chi connectivity index (χ4v) is 2.13. The third-order valence-electron chi connectivity index (χ3n) is 3.14. The van der Waals surface area contributed by atoms with Crippen molar-refractivity contribution in [3.63, 3.8) is 0 Å². The van der Waals surface area contributed by atoms with E-state index < -0.39 is 0 Å². The lowest BCUT2D eigenvalue weighted by molar-refractivity contribution is 0.412. The van der Waals surface area contributed by atoms with Crippen molar-refractivity contribution in [3.05, 3.63) is 46.1 Å². The zero-order chi connectivity index (χ0) is 14.0. The molecule has 0 aliphatic rings. The summed E-state index contributed by atoms with van der Waals surface area (Å²) in [5.41, 5.74) is 3.37. The van der Waals surface area contributed by atoms with Gasteiger partial charge in [0.2, 0.25) is 0 Å². The summed E-state index contributed by atoms with van der Waals surface area (Å²) >= 11 is 3.47. The van der Waals surface area contributed by atoms with E-state index in [2.05, 4.69) is 44.9 Å². The van der Waals surface area contributed by atoms with E-state index in [-0.39, 0.29) is 0 Å². The van der Waals surface area contributed by atoms with Crippen LogP contribution in [0.2, 0.25) is 0 Å². The number of rotatable bonds is 3. The average molecular weight is 321 g/mol. The minimum absolute atomic E-state index is 0.900. The molecule has 0 amide bonds. The Morgan fingerprint density at radius 3 is 2.47 bits per heavy atom. The molecular weight excluding hydrogens is 304 g/mol. The first kappa shape index (κ1) is 13.9. The van der Waals surface area contributed by atoms with Gasteiger partial charge in [0.15, 0.2) is 0 Å². The lowest BCUT2D eigenvalue weighted by Gasteiger charge is -2.20. The van der Waals surface area contributed by atoms with Crippen LogP contribution in [0.5, 0.6) is 5.75 Å². The average Bonchev–Trinajstić information content (AvgIpc) is 2.41. The van der Waals surface area contributed by atoms with E-state index in [0.717, 1.165) is 27.3 Å². The molecule has 100 valence electrons. The van der Waals surface area contributed by atoms with Crippen LogP contribution in [-0.4, -0.2) is 19.1 Å². The second kappa shape index (κ2) is 5.61. The van der Waals surface area contributed by atoms with Gasteiger partial charge in [-0.25, -0.2) is 4.98 Å². The van der Waals surface area contributed by atoms with Gasteiger partial charge in [-0.2, -0.15) is 0 Å². The Kier molecular flexibility index (Phi) is 4.10. The molecule has 3 nitrogen and oxygen atoms in total. The zero-order valence-corrected chi connectivity index (χ0v) is 13.2. The number of benzene rings is 1. The van der Waals surface area contributed by atoms with Gasteiger partial charge in [-0.3, -0.25) is 0 Å². The van der Waals surface area contributed by atoms with Gasteiger partial charge >= 0.3 is 0 Å². The van der Waals surface area contributed by atoms with Crippen molar-refractivity contribution in [2.45, 2.75) is 13.8 Å². The Bertz CT molecular complexity index is 599. The summed E-state index contributed by atoms with van der Waals surface area (Å²) in [5, 5.41) is 0. The maximum Gasteiger partial charge on any atom is 0.132 e. The predicted molar refractivity (Wildman–Crippen MR) is 82.5 cm³/mol. The van der Waals surface area contributed by atoms with Crippen molar-refractivity contribution in [1.29, 1.82) is 0 Å². The topological polar surface area (TPSA) is 25.4 Å². The highest BCUT2D eigenvalue weighted by molar-refractivity contribution is 9.10. The van der Waals surface area contributed by atoms with Crippen LogP contribution in [0.15, 0.2) is 34.9 Å². The molecule has 1 heterocycles. The summed E-state index contributed by atoms with van der Waals surface area (Å²) in [6, 6.07) is 8.17. The van der Waals surface area contributed by atoms with Gasteiger partial charge in [-0.1, -0.05) is 0 Å². The lowest BCUT2D eigenvalue weighted by Crippen LogP contribution is -2.11. The number of aromatic nitrogens is 1. The fourth-order valence-electron chi connectivity index (χ4n) is 1.91. The summed E-state index contributed by atoms with van der Waals surface area (Å²) < 4.78 is 6.30. The third-order valence-corrected chi connectivity index (χ3v) is 3.97.